The maximum absolute atomic E-state index is 2.40. The van der Waals surface area contributed by atoms with Crippen molar-refractivity contribution in [2.24, 2.45) is 0 Å². The zero-order chi connectivity index (χ0) is 4.24. The Hall–Kier alpha value is 1.20. The van der Waals surface area contributed by atoms with Crippen molar-refractivity contribution in [3.05, 3.63) is 10.2 Å². The van der Waals surface area contributed by atoms with Crippen LogP contribution in [0, 0.1) is 0 Å². The maximum atomic E-state index is 2.40. The van der Waals surface area contributed by atoms with Gasteiger partial charge in [-0.3, -0.25) is 0 Å². The van der Waals surface area contributed by atoms with Crippen LogP contribution < -0.4 is 42.4 Å². The molecular formula is C4H6I2-2. The molecule has 38 valence electrons. The van der Waals surface area contributed by atoms with E-state index in [1.807, 2.05) is 0 Å². The summed E-state index contributed by atoms with van der Waals surface area (Å²) in [5.74, 6) is 0. The average molecular weight is 308 g/mol. The van der Waals surface area contributed by atoms with Gasteiger partial charge in [-0.1, -0.05) is 0 Å². The van der Waals surface area contributed by atoms with Gasteiger partial charge >= 0.3 is 59.4 Å². The normalized spacial score (nSPS) is 24.0. The van der Waals surface area contributed by atoms with E-state index in [1.165, 1.54) is 4.43 Å². The molecule has 0 aliphatic carbocycles. The summed E-state index contributed by atoms with van der Waals surface area (Å²) in [5.41, 5.74) is 0. The molecule has 1 rings (SSSR count). The molecule has 0 bridgehead atoms. The Labute approximate surface area is 58.9 Å². The van der Waals surface area contributed by atoms with Gasteiger partial charge in [0.25, 0.3) is 0 Å². The molecule has 0 N–H and O–H groups in total. The molecule has 0 amide bonds. The van der Waals surface area contributed by atoms with Crippen LogP contribution in [0.2, 0.25) is 0 Å². The standard InChI is InChI=1S/C4H6I2/c1-2-5-4-6-3-1/h1-2H,3-4H2/q-2. The molecule has 0 fully saturated rings. The SMILES string of the molecule is C1=C[I-]C[I-]C1. The molecule has 6 heavy (non-hydrogen) atoms. The van der Waals surface area contributed by atoms with Crippen LogP contribution in [0.3, 0.4) is 0 Å². The van der Waals surface area contributed by atoms with E-state index in [-0.39, 0.29) is 0 Å². The number of hydrogen-bond acceptors (Lipinski definition) is 0. The number of alkyl halides is 3. The van der Waals surface area contributed by atoms with Gasteiger partial charge in [0.2, 0.25) is 0 Å². The molecule has 0 saturated carbocycles. The molecule has 1 aliphatic heterocycles. The topological polar surface area (TPSA) is 0 Å². The van der Waals surface area contributed by atoms with Gasteiger partial charge in [0.15, 0.2) is 0 Å². The molecule has 0 aromatic heterocycles. The average Bonchev–Trinajstić information content (AvgIpc) is 1.72. The van der Waals surface area contributed by atoms with E-state index in [0.29, 0.717) is 42.4 Å². The first-order chi connectivity index (χ1) is 3.00. The molecule has 2 heteroatoms. The van der Waals surface area contributed by atoms with Crippen molar-refractivity contribution in [1.82, 2.24) is 0 Å². The molecule has 1 aliphatic rings. The van der Waals surface area contributed by atoms with Gasteiger partial charge < -0.3 is 0 Å². The van der Waals surface area contributed by atoms with E-state index in [4.69, 9.17) is 0 Å². The third-order valence-corrected chi connectivity index (χ3v) is 8.36. The monoisotopic (exact) mass is 308 g/mol. The number of halogens is 2. The van der Waals surface area contributed by atoms with Crippen LogP contribution in [0.4, 0.5) is 0 Å². The van der Waals surface area contributed by atoms with Crippen molar-refractivity contribution in [1.29, 1.82) is 0 Å². The van der Waals surface area contributed by atoms with E-state index in [1.54, 1.807) is 2.43 Å². The molecular weight excluding hydrogens is 302 g/mol. The third kappa shape index (κ3) is 1.77. The summed E-state index contributed by atoms with van der Waals surface area (Å²) in [7, 11) is 0. The number of hydrogen-bond donors (Lipinski definition) is 0. The Kier molecular flexibility index (Phi) is 2.88. The minimum atomic E-state index is 0.583. The fraction of sp³-hybridized carbons (Fsp3) is 0.500. The van der Waals surface area contributed by atoms with Gasteiger partial charge in [-0.15, -0.1) is 0 Å². The van der Waals surface area contributed by atoms with Crippen LogP contribution in [0.15, 0.2) is 10.2 Å². The molecule has 0 spiro atoms. The number of rotatable bonds is 0. The molecule has 0 aromatic rings. The van der Waals surface area contributed by atoms with Gasteiger partial charge in [-0.05, 0) is 0 Å². The quantitative estimate of drug-likeness (QED) is 0.310. The van der Waals surface area contributed by atoms with Gasteiger partial charge in [-0.2, -0.15) is 0 Å². The van der Waals surface area contributed by atoms with Gasteiger partial charge in [0.1, 0.15) is 0 Å². The predicted molar refractivity (Wildman–Crippen MR) is 18.9 cm³/mol. The Balaban J connectivity index is 2.26. The van der Waals surface area contributed by atoms with Crippen LogP contribution >= 0.6 is 0 Å². The fourth-order valence-corrected chi connectivity index (χ4v) is 7.59. The summed E-state index contributed by atoms with van der Waals surface area (Å²) in [6.07, 6.45) is 2.37. The minimum absolute atomic E-state index is 0.583. The van der Waals surface area contributed by atoms with E-state index in [9.17, 15) is 0 Å². The zero-order valence-corrected chi connectivity index (χ0v) is 7.64. The first-order valence-electron chi connectivity index (χ1n) is 1.76. The second-order valence-electron chi connectivity index (χ2n) is 0.960. The van der Waals surface area contributed by atoms with Crippen molar-refractivity contribution in [2.45, 2.75) is 0 Å². The molecule has 0 radical (unpaired) electrons. The number of allylic oxidation sites excluding steroid dienone is 1. The summed E-state index contributed by atoms with van der Waals surface area (Å²) in [6.45, 7) is 0. The van der Waals surface area contributed by atoms with Crippen LogP contribution in [0.1, 0.15) is 0 Å². The summed E-state index contributed by atoms with van der Waals surface area (Å²) in [4.78, 5) is 0. The Morgan fingerprint density at radius 2 is 2.50 bits per heavy atom. The summed E-state index contributed by atoms with van der Waals surface area (Å²) < 4.78 is 5.49. The molecule has 0 saturated heterocycles. The van der Waals surface area contributed by atoms with Crippen molar-refractivity contribution in [3.63, 3.8) is 0 Å². The van der Waals surface area contributed by atoms with Crippen LogP contribution in [-0.2, 0) is 0 Å². The first-order valence-corrected chi connectivity index (χ1v) is 7.58. The van der Waals surface area contributed by atoms with E-state index in [0.717, 1.165) is 0 Å². The second-order valence-corrected chi connectivity index (χ2v) is 8.96. The molecule has 0 nitrogen and oxygen atoms in total. The van der Waals surface area contributed by atoms with Crippen LogP contribution in [0.5, 0.6) is 0 Å². The molecule has 0 atom stereocenters. The Morgan fingerprint density at radius 3 is 2.67 bits per heavy atom. The second kappa shape index (κ2) is 3.23. The molecule has 0 aromatic carbocycles. The fourth-order valence-electron chi connectivity index (χ4n) is 0.276. The Bertz CT molecular complexity index is 50.6. The van der Waals surface area contributed by atoms with Crippen molar-refractivity contribution in [2.75, 3.05) is 6.86 Å². The molecule has 0 unspecified atom stereocenters. The van der Waals surface area contributed by atoms with E-state index >= 15 is 0 Å². The van der Waals surface area contributed by atoms with E-state index in [2.05, 4.69) is 10.2 Å². The van der Waals surface area contributed by atoms with Gasteiger partial charge in [0, 0.05) is 0 Å². The summed E-state index contributed by atoms with van der Waals surface area (Å²) in [6, 6.07) is 0. The van der Waals surface area contributed by atoms with Crippen LogP contribution in [0.25, 0.3) is 0 Å². The van der Waals surface area contributed by atoms with Crippen molar-refractivity contribution >= 4 is 0 Å². The molecule has 1 heterocycles. The van der Waals surface area contributed by atoms with Gasteiger partial charge in [-0.25, -0.2) is 0 Å². The summed E-state index contributed by atoms with van der Waals surface area (Å²) in [5, 5.41) is 0. The van der Waals surface area contributed by atoms with Crippen molar-refractivity contribution < 1.29 is 42.4 Å². The van der Waals surface area contributed by atoms with Crippen molar-refractivity contribution in [3.8, 4) is 0 Å². The Morgan fingerprint density at radius 1 is 1.50 bits per heavy atom. The van der Waals surface area contributed by atoms with Gasteiger partial charge in [0.05, 0.1) is 0 Å². The zero-order valence-electron chi connectivity index (χ0n) is 3.32. The first kappa shape index (κ1) is 5.34. The van der Waals surface area contributed by atoms with Crippen LogP contribution in [-0.4, -0.2) is 6.86 Å². The van der Waals surface area contributed by atoms with E-state index < -0.39 is 0 Å². The summed E-state index contributed by atoms with van der Waals surface area (Å²) >= 11 is 1.26. The third-order valence-electron chi connectivity index (χ3n) is 0.506. The predicted octanol–water partition coefficient (Wildman–Crippen LogP) is -5.35.